The average molecular weight is 125 g/mol. The van der Waals surface area contributed by atoms with Crippen molar-refractivity contribution in [2.75, 3.05) is 7.05 Å². The van der Waals surface area contributed by atoms with Gasteiger partial charge in [-0.05, 0) is 6.08 Å². The Balaban J connectivity index is 3.75. The number of rotatable bonds is 2. The molecule has 0 rings (SSSR count). The summed E-state index contributed by atoms with van der Waals surface area (Å²) in [6.45, 7) is 4.97. The second kappa shape index (κ2) is 3.89. The third-order valence-corrected chi connectivity index (χ3v) is 0.942. The van der Waals surface area contributed by atoms with Gasteiger partial charge in [0.15, 0.2) is 0 Å². The highest BCUT2D eigenvalue weighted by atomic mass is 16.2. The number of hydrogen-bond acceptors (Lipinski definition) is 1. The van der Waals surface area contributed by atoms with Crippen molar-refractivity contribution in [3.8, 4) is 0 Å². The van der Waals surface area contributed by atoms with Crippen molar-refractivity contribution in [1.29, 1.82) is 0 Å². The Morgan fingerprint density at radius 3 is 2.56 bits per heavy atom. The van der Waals surface area contributed by atoms with Crippen molar-refractivity contribution in [2.24, 2.45) is 0 Å². The Bertz CT molecular complexity index is 138. The molecule has 0 aliphatic heterocycles. The van der Waals surface area contributed by atoms with Gasteiger partial charge in [0.05, 0.1) is 0 Å². The third kappa shape index (κ3) is 3.53. The Hall–Kier alpha value is -1.05. The van der Waals surface area contributed by atoms with Crippen LogP contribution in [0.5, 0.6) is 0 Å². The maximum Gasteiger partial charge on any atom is 0.223 e. The molecule has 0 aliphatic rings. The minimum atomic E-state index is 0.0214. The van der Waals surface area contributed by atoms with Crippen LogP contribution in [0.4, 0.5) is 0 Å². The van der Waals surface area contributed by atoms with Gasteiger partial charge in [0.2, 0.25) is 5.91 Å². The number of nitrogens with zero attached hydrogens (tertiary/aromatic N) is 1. The van der Waals surface area contributed by atoms with Gasteiger partial charge in [0, 0.05) is 20.2 Å². The van der Waals surface area contributed by atoms with Gasteiger partial charge in [-0.2, -0.15) is 0 Å². The summed E-state index contributed by atoms with van der Waals surface area (Å²) in [5.74, 6) is 0.0214. The van der Waals surface area contributed by atoms with Gasteiger partial charge in [-0.1, -0.05) is 12.7 Å². The molecule has 0 aromatic rings. The second-order valence-corrected chi connectivity index (χ2v) is 1.71. The highest BCUT2D eigenvalue weighted by Crippen LogP contribution is 1.84. The lowest BCUT2D eigenvalue weighted by Gasteiger charge is -2.05. The minimum absolute atomic E-state index is 0.0214. The van der Waals surface area contributed by atoms with Crippen LogP contribution in [0.3, 0.4) is 0 Å². The molecule has 0 aromatic carbocycles. The summed E-state index contributed by atoms with van der Waals surface area (Å²) in [4.78, 5) is 12.0. The van der Waals surface area contributed by atoms with Gasteiger partial charge in [-0.15, -0.1) is 0 Å². The minimum Gasteiger partial charge on any atom is -0.322 e. The van der Waals surface area contributed by atoms with Crippen molar-refractivity contribution in [2.45, 2.75) is 6.92 Å². The van der Waals surface area contributed by atoms with Crippen molar-refractivity contribution in [3.05, 3.63) is 24.9 Å². The van der Waals surface area contributed by atoms with Gasteiger partial charge in [0.1, 0.15) is 0 Å². The summed E-state index contributed by atoms with van der Waals surface area (Å²) in [5.41, 5.74) is 0. The van der Waals surface area contributed by atoms with E-state index >= 15 is 0 Å². The average Bonchev–Trinajstić information content (AvgIpc) is 1.82. The van der Waals surface area contributed by atoms with Crippen molar-refractivity contribution in [1.82, 2.24) is 4.90 Å². The van der Waals surface area contributed by atoms with E-state index in [9.17, 15) is 4.79 Å². The van der Waals surface area contributed by atoms with E-state index < -0.39 is 0 Å². The number of amides is 1. The second-order valence-electron chi connectivity index (χ2n) is 1.71. The van der Waals surface area contributed by atoms with Crippen LogP contribution in [0.1, 0.15) is 6.92 Å². The zero-order chi connectivity index (χ0) is 7.28. The van der Waals surface area contributed by atoms with E-state index in [1.165, 1.54) is 11.8 Å². The van der Waals surface area contributed by atoms with E-state index in [0.717, 1.165) is 0 Å². The summed E-state index contributed by atoms with van der Waals surface area (Å²) < 4.78 is 0. The molecule has 0 aromatic heterocycles. The molecule has 0 heterocycles. The van der Waals surface area contributed by atoms with E-state index in [2.05, 4.69) is 6.58 Å². The zero-order valence-corrected chi connectivity index (χ0v) is 5.79. The molecule has 9 heavy (non-hydrogen) atoms. The monoisotopic (exact) mass is 125 g/mol. The van der Waals surface area contributed by atoms with Crippen molar-refractivity contribution >= 4 is 5.91 Å². The summed E-state index contributed by atoms with van der Waals surface area (Å²) in [6.07, 6.45) is 5.00. The summed E-state index contributed by atoms with van der Waals surface area (Å²) in [6, 6.07) is 0. The Labute approximate surface area is 55.5 Å². The molecule has 1 amide bonds. The standard InChI is InChI=1S/C7H11NO/c1-4-5-6-8(3)7(2)9/h4-6H,1H2,2-3H3. The Morgan fingerprint density at radius 1 is 1.67 bits per heavy atom. The molecule has 0 radical (unpaired) electrons. The van der Waals surface area contributed by atoms with Gasteiger partial charge in [-0.3, -0.25) is 4.79 Å². The molecule has 0 aliphatic carbocycles. The molecule has 0 bridgehead atoms. The summed E-state index contributed by atoms with van der Waals surface area (Å²) in [5, 5.41) is 0. The first-order valence-corrected chi connectivity index (χ1v) is 2.71. The molecule has 0 atom stereocenters. The van der Waals surface area contributed by atoms with Crippen molar-refractivity contribution in [3.63, 3.8) is 0 Å². The molecule has 0 fully saturated rings. The van der Waals surface area contributed by atoms with Gasteiger partial charge in [-0.25, -0.2) is 0 Å². The maximum atomic E-state index is 10.5. The highest BCUT2D eigenvalue weighted by molar-refractivity contribution is 5.73. The SMILES string of the molecule is C=CC=CN(C)C(C)=O. The summed E-state index contributed by atoms with van der Waals surface area (Å²) >= 11 is 0. The largest absolute Gasteiger partial charge is 0.322 e. The van der Waals surface area contributed by atoms with Crippen LogP contribution in [0, 0.1) is 0 Å². The molecule has 2 nitrogen and oxygen atoms in total. The molecule has 2 heteroatoms. The van der Waals surface area contributed by atoms with E-state index in [4.69, 9.17) is 0 Å². The Kier molecular flexibility index (Phi) is 3.44. The predicted molar refractivity (Wildman–Crippen MR) is 37.8 cm³/mol. The van der Waals surface area contributed by atoms with E-state index in [1.807, 2.05) is 0 Å². The van der Waals surface area contributed by atoms with Crippen LogP contribution in [0.25, 0.3) is 0 Å². The van der Waals surface area contributed by atoms with Crippen molar-refractivity contribution < 1.29 is 4.79 Å². The van der Waals surface area contributed by atoms with E-state index in [-0.39, 0.29) is 5.91 Å². The molecule has 0 N–H and O–H groups in total. The van der Waals surface area contributed by atoms with Gasteiger partial charge >= 0.3 is 0 Å². The fourth-order valence-corrected chi connectivity index (χ4v) is 0.295. The highest BCUT2D eigenvalue weighted by Gasteiger charge is 1.92. The molecule has 0 saturated heterocycles. The molecule has 0 unspecified atom stereocenters. The Morgan fingerprint density at radius 2 is 2.22 bits per heavy atom. The quantitative estimate of drug-likeness (QED) is 0.507. The number of carbonyl (C=O) groups excluding carboxylic acids is 1. The van der Waals surface area contributed by atoms with Crippen LogP contribution in [-0.4, -0.2) is 17.9 Å². The lowest BCUT2D eigenvalue weighted by atomic mass is 10.5. The van der Waals surface area contributed by atoms with Gasteiger partial charge < -0.3 is 4.90 Å². The number of allylic oxidation sites excluding steroid dienone is 2. The molecule has 0 spiro atoms. The van der Waals surface area contributed by atoms with E-state index in [0.29, 0.717) is 0 Å². The lowest BCUT2D eigenvalue weighted by molar-refractivity contribution is -0.125. The molecular weight excluding hydrogens is 114 g/mol. The normalized spacial score (nSPS) is 9.56. The topological polar surface area (TPSA) is 20.3 Å². The van der Waals surface area contributed by atoms with Crippen LogP contribution in [0.15, 0.2) is 24.9 Å². The van der Waals surface area contributed by atoms with Gasteiger partial charge in [0.25, 0.3) is 0 Å². The zero-order valence-electron chi connectivity index (χ0n) is 5.79. The summed E-state index contributed by atoms with van der Waals surface area (Å²) in [7, 11) is 1.70. The molecule has 50 valence electrons. The first kappa shape index (κ1) is 7.95. The van der Waals surface area contributed by atoms with Crippen LogP contribution < -0.4 is 0 Å². The fourth-order valence-electron chi connectivity index (χ4n) is 0.295. The van der Waals surface area contributed by atoms with Crippen LogP contribution in [0.2, 0.25) is 0 Å². The first-order valence-electron chi connectivity index (χ1n) is 2.71. The molecule has 0 saturated carbocycles. The number of hydrogen-bond donors (Lipinski definition) is 0. The smallest absolute Gasteiger partial charge is 0.223 e. The maximum absolute atomic E-state index is 10.5. The molecular formula is C7H11NO. The van der Waals surface area contributed by atoms with Crippen LogP contribution in [-0.2, 0) is 4.79 Å². The van der Waals surface area contributed by atoms with Crippen LogP contribution >= 0.6 is 0 Å². The first-order chi connectivity index (χ1) is 4.18. The fraction of sp³-hybridized carbons (Fsp3) is 0.286. The third-order valence-electron chi connectivity index (χ3n) is 0.942. The lowest BCUT2D eigenvalue weighted by Crippen LogP contribution is -2.16. The predicted octanol–water partition coefficient (Wildman–Crippen LogP) is 1.16. The van der Waals surface area contributed by atoms with E-state index in [1.54, 1.807) is 25.4 Å². The number of carbonyl (C=O) groups is 1.